The van der Waals surface area contributed by atoms with Crippen molar-refractivity contribution in [2.75, 3.05) is 32.7 Å². The molecule has 2 heterocycles. The molecule has 1 atom stereocenters. The van der Waals surface area contributed by atoms with Crippen molar-refractivity contribution < 1.29 is 9.59 Å². The van der Waals surface area contributed by atoms with Crippen molar-refractivity contribution in [3.63, 3.8) is 0 Å². The standard InChI is InChI=1S/C21H31N3O2/c1-16-4-2-5-18(14-16)19-6-3-10-24(15-19)20(25)9-13-23-11-7-17(8-12-23)21(22)26/h2,4-5,14,17,19H,3,6-13,15H2,1H3,(H2,22,26)/t19-/m1/s1. The molecule has 0 radical (unpaired) electrons. The van der Waals surface area contributed by atoms with Crippen LogP contribution in [0.3, 0.4) is 0 Å². The Morgan fingerprint density at radius 1 is 1.15 bits per heavy atom. The van der Waals surface area contributed by atoms with Gasteiger partial charge in [-0.25, -0.2) is 0 Å². The van der Waals surface area contributed by atoms with E-state index in [1.807, 2.05) is 4.90 Å². The quantitative estimate of drug-likeness (QED) is 0.879. The topological polar surface area (TPSA) is 66.6 Å². The van der Waals surface area contributed by atoms with Crippen molar-refractivity contribution in [2.24, 2.45) is 11.7 Å². The van der Waals surface area contributed by atoms with Crippen molar-refractivity contribution in [3.05, 3.63) is 35.4 Å². The first-order valence-electron chi connectivity index (χ1n) is 9.89. The third kappa shape index (κ3) is 4.85. The van der Waals surface area contributed by atoms with Gasteiger partial charge in [0, 0.05) is 37.9 Å². The summed E-state index contributed by atoms with van der Waals surface area (Å²) in [5.41, 5.74) is 8.02. The molecular weight excluding hydrogens is 326 g/mol. The molecule has 1 aromatic carbocycles. The number of hydrogen-bond donors (Lipinski definition) is 1. The highest BCUT2D eigenvalue weighted by molar-refractivity contribution is 5.77. The number of amides is 2. The van der Waals surface area contributed by atoms with E-state index in [9.17, 15) is 9.59 Å². The van der Waals surface area contributed by atoms with Crippen LogP contribution in [-0.2, 0) is 9.59 Å². The number of piperidine rings is 2. The van der Waals surface area contributed by atoms with Crippen LogP contribution in [0, 0.1) is 12.8 Å². The summed E-state index contributed by atoms with van der Waals surface area (Å²) in [7, 11) is 0. The number of likely N-dealkylation sites (tertiary alicyclic amines) is 2. The lowest BCUT2D eigenvalue weighted by Crippen LogP contribution is -2.42. The van der Waals surface area contributed by atoms with Gasteiger partial charge in [-0.05, 0) is 51.3 Å². The van der Waals surface area contributed by atoms with Gasteiger partial charge in [-0.15, -0.1) is 0 Å². The van der Waals surface area contributed by atoms with Gasteiger partial charge in [0.1, 0.15) is 0 Å². The van der Waals surface area contributed by atoms with Crippen LogP contribution in [0.15, 0.2) is 24.3 Å². The molecule has 26 heavy (non-hydrogen) atoms. The number of primary amides is 1. The van der Waals surface area contributed by atoms with E-state index in [4.69, 9.17) is 5.73 Å². The first-order valence-corrected chi connectivity index (χ1v) is 9.89. The molecule has 1 aromatic rings. The van der Waals surface area contributed by atoms with E-state index < -0.39 is 0 Å². The molecule has 0 aliphatic carbocycles. The normalized spacial score (nSPS) is 22.3. The Morgan fingerprint density at radius 2 is 1.92 bits per heavy atom. The Hall–Kier alpha value is -1.88. The molecule has 2 N–H and O–H groups in total. The van der Waals surface area contributed by atoms with Gasteiger partial charge in [0.2, 0.25) is 11.8 Å². The molecule has 2 amide bonds. The van der Waals surface area contributed by atoms with Crippen LogP contribution in [0.2, 0.25) is 0 Å². The van der Waals surface area contributed by atoms with Gasteiger partial charge in [0.15, 0.2) is 0 Å². The smallest absolute Gasteiger partial charge is 0.223 e. The average Bonchev–Trinajstić information content (AvgIpc) is 2.66. The molecule has 0 bridgehead atoms. The van der Waals surface area contributed by atoms with E-state index in [1.54, 1.807) is 0 Å². The fourth-order valence-electron chi connectivity index (χ4n) is 4.25. The molecule has 2 saturated heterocycles. The summed E-state index contributed by atoms with van der Waals surface area (Å²) >= 11 is 0. The Balaban J connectivity index is 1.47. The monoisotopic (exact) mass is 357 g/mol. The number of aryl methyl sites for hydroxylation is 1. The Kier molecular flexibility index (Phi) is 6.30. The van der Waals surface area contributed by atoms with E-state index in [-0.39, 0.29) is 17.7 Å². The van der Waals surface area contributed by atoms with Crippen LogP contribution < -0.4 is 5.73 Å². The van der Waals surface area contributed by atoms with Crippen LogP contribution in [-0.4, -0.2) is 54.3 Å². The van der Waals surface area contributed by atoms with E-state index in [0.29, 0.717) is 12.3 Å². The Morgan fingerprint density at radius 3 is 2.62 bits per heavy atom. The number of carbonyl (C=O) groups excluding carboxylic acids is 2. The van der Waals surface area contributed by atoms with Gasteiger partial charge in [-0.3, -0.25) is 9.59 Å². The van der Waals surface area contributed by atoms with Crippen LogP contribution in [0.4, 0.5) is 0 Å². The van der Waals surface area contributed by atoms with Crippen LogP contribution in [0.25, 0.3) is 0 Å². The number of rotatable bonds is 5. The summed E-state index contributed by atoms with van der Waals surface area (Å²) in [6.45, 7) is 6.36. The first-order chi connectivity index (χ1) is 12.5. The Labute approximate surface area is 156 Å². The lowest BCUT2D eigenvalue weighted by atomic mass is 9.89. The van der Waals surface area contributed by atoms with Gasteiger partial charge >= 0.3 is 0 Å². The van der Waals surface area contributed by atoms with Crippen molar-refractivity contribution in [3.8, 4) is 0 Å². The summed E-state index contributed by atoms with van der Waals surface area (Å²) < 4.78 is 0. The molecule has 0 unspecified atom stereocenters. The average molecular weight is 357 g/mol. The third-order valence-corrected chi connectivity index (χ3v) is 5.92. The number of benzene rings is 1. The zero-order chi connectivity index (χ0) is 18.5. The molecule has 0 saturated carbocycles. The molecule has 2 aliphatic heterocycles. The SMILES string of the molecule is Cc1cccc([C@@H]2CCCN(C(=O)CCN3CCC(C(N)=O)CC3)C2)c1. The van der Waals surface area contributed by atoms with Gasteiger partial charge in [0.25, 0.3) is 0 Å². The van der Waals surface area contributed by atoms with Crippen molar-refractivity contribution in [1.29, 1.82) is 0 Å². The molecule has 2 aliphatic rings. The highest BCUT2D eigenvalue weighted by Crippen LogP contribution is 2.28. The molecule has 0 spiro atoms. The third-order valence-electron chi connectivity index (χ3n) is 5.92. The second-order valence-electron chi connectivity index (χ2n) is 7.86. The molecule has 0 aromatic heterocycles. The maximum Gasteiger partial charge on any atom is 0.223 e. The van der Waals surface area contributed by atoms with Crippen molar-refractivity contribution in [1.82, 2.24) is 9.80 Å². The number of carbonyl (C=O) groups is 2. The molecule has 2 fully saturated rings. The summed E-state index contributed by atoms with van der Waals surface area (Å²) in [5.74, 6) is 0.550. The minimum Gasteiger partial charge on any atom is -0.369 e. The van der Waals surface area contributed by atoms with Crippen LogP contribution in [0.5, 0.6) is 0 Å². The molecule has 3 rings (SSSR count). The van der Waals surface area contributed by atoms with Gasteiger partial charge in [-0.1, -0.05) is 29.8 Å². The zero-order valence-electron chi connectivity index (χ0n) is 15.8. The predicted octanol–water partition coefficient (Wildman–Crippen LogP) is 2.29. The van der Waals surface area contributed by atoms with Crippen LogP contribution in [0.1, 0.15) is 49.1 Å². The fourth-order valence-corrected chi connectivity index (χ4v) is 4.25. The summed E-state index contributed by atoms with van der Waals surface area (Å²) in [4.78, 5) is 28.3. The summed E-state index contributed by atoms with van der Waals surface area (Å²) in [6.07, 6.45) is 4.45. The van der Waals surface area contributed by atoms with Crippen molar-refractivity contribution in [2.45, 2.75) is 44.9 Å². The van der Waals surface area contributed by atoms with Gasteiger partial charge < -0.3 is 15.5 Å². The van der Waals surface area contributed by atoms with E-state index >= 15 is 0 Å². The van der Waals surface area contributed by atoms with Crippen molar-refractivity contribution >= 4 is 11.8 Å². The predicted molar refractivity (Wildman–Crippen MR) is 103 cm³/mol. The molecule has 5 heteroatoms. The largest absolute Gasteiger partial charge is 0.369 e. The Bertz CT molecular complexity index is 638. The maximum absolute atomic E-state index is 12.7. The zero-order valence-corrected chi connectivity index (χ0v) is 15.8. The maximum atomic E-state index is 12.7. The summed E-state index contributed by atoms with van der Waals surface area (Å²) in [6, 6.07) is 8.67. The second kappa shape index (κ2) is 8.67. The second-order valence-corrected chi connectivity index (χ2v) is 7.86. The number of nitrogens with two attached hydrogens (primary N) is 1. The molecular formula is C21H31N3O2. The highest BCUT2D eigenvalue weighted by Gasteiger charge is 2.26. The molecule has 142 valence electrons. The van der Waals surface area contributed by atoms with E-state index in [0.717, 1.165) is 58.4 Å². The van der Waals surface area contributed by atoms with E-state index in [2.05, 4.69) is 36.1 Å². The van der Waals surface area contributed by atoms with Gasteiger partial charge in [0.05, 0.1) is 0 Å². The molecule has 5 nitrogen and oxygen atoms in total. The first kappa shape index (κ1) is 18.9. The summed E-state index contributed by atoms with van der Waals surface area (Å²) in [5, 5.41) is 0. The minimum atomic E-state index is -0.184. The minimum absolute atomic E-state index is 0.0131. The van der Waals surface area contributed by atoms with E-state index in [1.165, 1.54) is 11.1 Å². The highest BCUT2D eigenvalue weighted by atomic mass is 16.2. The number of nitrogens with zero attached hydrogens (tertiary/aromatic N) is 2. The van der Waals surface area contributed by atoms with Crippen LogP contribution >= 0.6 is 0 Å². The lowest BCUT2D eigenvalue weighted by Gasteiger charge is -2.34. The fraction of sp³-hybridized carbons (Fsp3) is 0.619. The van der Waals surface area contributed by atoms with Gasteiger partial charge in [-0.2, -0.15) is 0 Å². The number of hydrogen-bond acceptors (Lipinski definition) is 3. The lowest BCUT2D eigenvalue weighted by molar-refractivity contribution is -0.133.